The van der Waals surface area contributed by atoms with E-state index in [4.69, 9.17) is 4.74 Å². The Balaban J connectivity index is 1.12. The molecule has 13 nitrogen and oxygen atoms in total. The largest absolute Gasteiger partial charge is 0.490 e. The second kappa shape index (κ2) is 21.0. The van der Waals surface area contributed by atoms with E-state index in [2.05, 4.69) is 21.3 Å². The first-order valence-corrected chi connectivity index (χ1v) is 26.1. The van der Waals surface area contributed by atoms with Crippen LogP contribution in [0.4, 0.5) is 25.4 Å². The predicted molar refractivity (Wildman–Crippen MR) is 266 cm³/mol. The predicted octanol–water partition coefficient (Wildman–Crippen LogP) is 9.13. The summed E-state index contributed by atoms with van der Waals surface area (Å²) in [6, 6.07) is 35.5. The molecule has 0 fully saturated rings. The summed E-state index contributed by atoms with van der Waals surface area (Å²) in [5.74, 6) is -1.35. The van der Waals surface area contributed by atoms with E-state index in [-0.39, 0.29) is 44.8 Å². The van der Waals surface area contributed by atoms with Gasteiger partial charge in [-0.1, -0.05) is 97.1 Å². The molecule has 0 bridgehead atoms. The Hall–Kier alpha value is -6.59. The van der Waals surface area contributed by atoms with E-state index in [0.29, 0.717) is 37.2 Å². The second-order valence-electron chi connectivity index (χ2n) is 17.6. The molecule has 0 aromatic heterocycles. The maximum atomic E-state index is 16.0. The van der Waals surface area contributed by atoms with E-state index in [1.807, 2.05) is 98.8 Å². The molecule has 3 unspecified atom stereocenters. The minimum Gasteiger partial charge on any atom is -0.490 e. The fourth-order valence-corrected chi connectivity index (χ4v) is 11.6. The highest BCUT2D eigenvalue weighted by atomic mass is 32.2. The lowest BCUT2D eigenvalue weighted by molar-refractivity contribution is 0.207. The molecule has 0 saturated carbocycles. The summed E-state index contributed by atoms with van der Waals surface area (Å²) < 4.78 is 80.7. The Morgan fingerprint density at radius 1 is 0.623 bits per heavy atom. The number of sulfone groups is 2. The number of fused-ring (bicyclic) bond motifs is 2. The van der Waals surface area contributed by atoms with Crippen LogP contribution >= 0.6 is 0 Å². The van der Waals surface area contributed by atoms with Gasteiger partial charge in [0.15, 0.2) is 19.7 Å². The molecule has 6 aromatic carbocycles. The van der Waals surface area contributed by atoms with Crippen molar-refractivity contribution in [1.29, 1.82) is 0 Å². The standard InChI is InChI=1S/C53H57FN6O7S2/c1-35(38-11-7-5-8-12-38)59(3)52(61)57-48-21-20-46(29-47(48)54)69(65,66)51(42-17-18-44-32-56-26-24-41(44)28-42)33-67-50-30-45(68(63,64)34-37-15-16-43-31-55-25-23-40(43)27-37)19-22-49(50)58-53(62)60(4)36(2)39-13-9-6-10-14-39/h5-22,27-30,35-36,51,55-56H,23-26,31-34H2,1-4H3,(H,57,61)(H,58,62). The van der Waals surface area contributed by atoms with Crippen molar-refractivity contribution in [2.24, 2.45) is 0 Å². The van der Waals surface area contributed by atoms with Crippen molar-refractivity contribution in [2.75, 3.05) is 44.4 Å². The van der Waals surface area contributed by atoms with Crippen LogP contribution in [0.5, 0.6) is 5.75 Å². The number of benzene rings is 6. The molecule has 8 rings (SSSR count). The van der Waals surface area contributed by atoms with Crippen molar-refractivity contribution in [2.45, 2.75) is 72.7 Å². The summed E-state index contributed by atoms with van der Waals surface area (Å²) >= 11 is 0. The number of anilines is 2. The lowest BCUT2D eigenvalue weighted by Gasteiger charge is -2.27. The fraction of sp³-hybridized carbons (Fsp3) is 0.283. The Morgan fingerprint density at radius 2 is 1.16 bits per heavy atom. The van der Waals surface area contributed by atoms with Gasteiger partial charge in [-0.05, 0) is 115 Å². The van der Waals surface area contributed by atoms with Gasteiger partial charge in [0.2, 0.25) is 0 Å². The average Bonchev–Trinajstić information content (AvgIpc) is 3.36. The van der Waals surface area contributed by atoms with Crippen LogP contribution in [-0.4, -0.2) is 72.5 Å². The third kappa shape index (κ3) is 11.2. The van der Waals surface area contributed by atoms with Gasteiger partial charge < -0.3 is 35.8 Å². The quantitative estimate of drug-likeness (QED) is 0.0785. The Morgan fingerprint density at radius 3 is 1.75 bits per heavy atom. The molecule has 16 heteroatoms. The van der Waals surface area contributed by atoms with Gasteiger partial charge in [0.05, 0.1) is 39.0 Å². The molecule has 69 heavy (non-hydrogen) atoms. The molecule has 2 aliphatic rings. The van der Waals surface area contributed by atoms with Crippen LogP contribution in [0.2, 0.25) is 0 Å². The van der Waals surface area contributed by atoms with E-state index in [1.165, 1.54) is 40.1 Å². The van der Waals surface area contributed by atoms with Gasteiger partial charge in [-0.15, -0.1) is 0 Å². The number of carbonyl (C=O) groups excluding carboxylic acids is 2. The topological polar surface area (TPSA) is 166 Å². The number of nitrogens with one attached hydrogen (secondary N) is 4. The molecule has 0 radical (unpaired) electrons. The van der Waals surface area contributed by atoms with E-state index in [1.54, 1.807) is 26.2 Å². The van der Waals surface area contributed by atoms with Crippen molar-refractivity contribution < 1.29 is 35.6 Å². The van der Waals surface area contributed by atoms with Gasteiger partial charge in [-0.3, -0.25) is 0 Å². The van der Waals surface area contributed by atoms with Crippen molar-refractivity contribution in [3.05, 3.63) is 184 Å². The van der Waals surface area contributed by atoms with Gasteiger partial charge >= 0.3 is 12.1 Å². The zero-order valence-electron chi connectivity index (χ0n) is 39.0. The van der Waals surface area contributed by atoms with Crippen LogP contribution in [0.15, 0.2) is 143 Å². The van der Waals surface area contributed by atoms with E-state index in [9.17, 15) is 26.4 Å². The summed E-state index contributed by atoms with van der Waals surface area (Å²) in [4.78, 5) is 29.6. The third-order valence-electron chi connectivity index (χ3n) is 13.2. The van der Waals surface area contributed by atoms with Crippen LogP contribution in [0, 0.1) is 5.82 Å². The summed E-state index contributed by atoms with van der Waals surface area (Å²) in [7, 11) is -5.27. The second-order valence-corrected chi connectivity index (χ2v) is 21.8. The third-order valence-corrected chi connectivity index (χ3v) is 17.0. The average molecular weight is 973 g/mol. The molecule has 4 N–H and O–H groups in total. The number of hydrogen-bond acceptors (Lipinski definition) is 9. The lowest BCUT2D eigenvalue weighted by atomic mass is 9.97. The molecule has 360 valence electrons. The van der Waals surface area contributed by atoms with Crippen LogP contribution in [0.1, 0.15) is 75.7 Å². The van der Waals surface area contributed by atoms with Gasteiger partial charge in [0.1, 0.15) is 23.4 Å². The van der Waals surface area contributed by atoms with Crippen molar-refractivity contribution in [3.63, 3.8) is 0 Å². The molecular weight excluding hydrogens is 916 g/mol. The van der Waals surface area contributed by atoms with Crippen LogP contribution < -0.4 is 26.0 Å². The highest BCUT2D eigenvalue weighted by molar-refractivity contribution is 7.91. The van der Waals surface area contributed by atoms with Crippen molar-refractivity contribution in [3.8, 4) is 5.75 Å². The van der Waals surface area contributed by atoms with Gasteiger partial charge in [0.25, 0.3) is 0 Å². The van der Waals surface area contributed by atoms with Crippen molar-refractivity contribution >= 4 is 43.1 Å². The number of nitrogens with zero attached hydrogens (tertiary/aromatic N) is 2. The molecule has 4 amide bonds. The molecule has 0 saturated heterocycles. The number of urea groups is 2. The van der Waals surface area contributed by atoms with Crippen LogP contribution in [0.25, 0.3) is 0 Å². The summed E-state index contributed by atoms with van der Waals surface area (Å²) in [5, 5.41) is 10.6. The molecule has 0 aliphatic carbocycles. The van der Waals surface area contributed by atoms with Crippen LogP contribution in [0.3, 0.4) is 0 Å². The monoisotopic (exact) mass is 972 g/mol. The molecule has 3 atom stereocenters. The molecule has 6 aromatic rings. The Kier molecular flexibility index (Phi) is 14.8. The van der Waals surface area contributed by atoms with Crippen LogP contribution in [-0.2, 0) is 51.4 Å². The summed E-state index contributed by atoms with van der Waals surface area (Å²) in [6.45, 7) is 5.95. The minimum absolute atomic E-state index is 0.0813. The minimum atomic E-state index is -4.48. The summed E-state index contributed by atoms with van der Waals surface area (Å²) in [6.07, 6.45) is 1.42. The van der Waals surface area contributed by atoms with E-state index >= 15 is 4.39 Å². The SMILES string of the molecule is CC(c1ccccc1)N(C)C(=O)Nc1ccc(S(=O)(=O)C(COc2cc(S(=O)(=O)Cc3ccc4c(c3)CCNC4)ccc2NC(=O)N(C)C(C)c2ccccc2)c2ccc3c(c2)CCNC3)cc1F. The van der Waals surface area contributed by atoms with E-state index < -0.39 is 49.4 Å². The number of rotatable bonds is 15. The zero-order chi connectivity index (χ0) is 48.9. The molecule has 2 heterocycles. The number of hydrogen-bond donors (Lipinski definition) is 4. The van der Waals surface area contributed by atoms with Gasteiger partial charge in [-0.2, -0.15) is 0 Å². The first-order chi connectivity index (χ1) is 33.1. The maximum absolute atomic E-state index is 16.0. The first kappa shape index (κ1) is 48.9. The summed E-state index contributed by atoms with van der Waals surface area (Å²) in [5.41, 5.74) is 6.81. The zero-order valence-corrected chi connectivity index (χ0v) is 40.7. The molecule has 2 aliphatic heterocycles. The molecular formula is C53H57FN6O7S2. The highest BCUT2D eigenvalue weighted by Crippen LogP contribution is 2.37. The fourth-order valence-electron chi connectivity index (χ4n) is 8.68. The lowest BCUT2D eigenvalue weighted by Crippen LogP contribution is -2.34. The number of carbonyl (C=O) groups is 2. The van der Waals surface area contributed by atoms with Gasteiger partial charge in [-0.25, -0.2) is 30.8 Å². The van der Waals surface area contributed by atoms with Gasteiger partial charge in [0, 0.05) is 33.3 Å². The number of amides is 4. The molecule has 0 spiro atoms. The van der Waals surface area contributed by atoms with E-state index in [0.717, 1.165) is 52.4 Å². The number of halogens is 1. The maximum Gasteiger partial charge on any atom is 0.322 e. The highest BCUT2D eigenvalue weighted by Gasteiger charge is 2.33. The first-order valence-electron chi connectivity index (χ1n) is 22.9. The normalized spacial score (nSPS) is 14.9. The smallest absolute Gasteiger partial charge is 0.322 e. The number of ether oxygens (including phenoxy) is 1. The van der Waals surface area contributed by atoms with Crippen molar-refractivity contribution in [1.82, 2.24) is 20.4 Å². The Bertz CT molecular complexity index is 3070. The Labute approximate surface area is 403 Å².